The number of carbonyl (C=O) groups excluding carboxylic acids is 1. The van der Waals surface area contributed by atoms with Crippen LogP contribution in [0.4, 0.5) is 5.69 Å². The first-order valence-electron chi connectivity index (χ1n) is 9.49. The maximum Gasteiger partial charge on any atom is 0.243 e. The Morgan fingerprint density at radius 2 is 1.88 bits per heavy atom. The normalized spacial score (nSPS) is 16.0. The van der Waals surface area contributed by atoms with E-state index in [0.29, 0.717) is 36.7 Å². The van der Waals surface area contributed by atoms with Crippen molar-refractivity contribution in [2.75, 3.05) is 31.5 Å². The van der Waals surface area contributed by atoms with Crippen molar-refractivity contribution in [3.63, 3.8) is 0 Å². The Hall–Kier alpha value is -1.44. The Kier molecular flexibility index (Phi) is 7.61. The van der Waals surface area contributed by atoms with Crippen molar-refractivity contribution in [1.82, 2.24) is 9.62 Å². The highest BCUT2D eigenvalue weighted by Gasteiger charge is 2.24. The van der Waals surface area contributed by atoms with Crippen molar-refractivity contribution >= 4 is 21.6 Å². The zero-order valence-corrected chi connectivity index (χ0v) is 16.9. The van der Waals surface area contributed by atoms with E-state index >= 15 is 0 Å². The molecule has 0 saturated carbocycles. The van der Waals surface area contributed by atoms with Crippen molar-refractivity contribution in [2.45, 2.75) is 51.3 Å². The molecule has 0 unspecified atom stereocenters. The third kappa shape index (κ3) is 5.28. The summed E-state index contributed by atoms with van der Waals surface area (Å²) in [6.07, 6.45) is 3.58. The minimum Gasteiger partial charge on any atom is -0.326 e. The Bertz CT molecular complexity index is 709. The van der Waals surface area contributed by atoms with Crippen LogP contribution in [0.15, 0.2) is 23.1 Å². The second kappa shape index (κ2) is 9.48. The lowest BCUT2D eigenvalue weighted by atomic mass is 9.93. The molecule has 26 heavy (non-hydrogen) atoms. The second-order valence-corrected chi connectivity index (χ2v) is 8.76. The number of rotatable bonds is 8. The van der Waals surface area contributed by atoms with Crippen LogP contribution in [0.25, 0.3) is 0 Å². The van der Waals surface area contributed by atoms with E-state index in [1.165, 1.54) is 4.31 Å². The molecule has 1 aromatic rings. The molecule has 0 spiro atoms. The van der Waals surface area contributed by atoms with E-state index in [-0.39, 0.29) is 10.8 Å². The van der Waals surface area contributed by atoms with Crippen molar-refractivity contribution in [1.29, 1.82) is 0 Å². The summed E-state index contributed by atoms with van der Waals surface area (Å²) in [5, 5.41) is 6.18. The summed E-state index contributed by atoms with van der Waals surface area (Å²) in [7, 11) is -3.54. The highest BCUT2D eigenvalue weighted by molar-refractivity contribution is 7.89. The first-order chi connectivity index (χ1) is 12.4. The predicted octanol–water partition coefficient (Wildman–Crippen LogP) is 2.74. The third-order valence-electron chi connectivity index (χ3n) is 5.03. The van der Waals surface area contributed by atoms with E-state index in [1.807, 2.05) is 13.8 Å². The molecule has 7 heteroatoms. The molecule has 0 atom stereocenters. The van der Waals surface area contributed by atoms with E-state index < -0.39 is 10.0 Å². The lowest BCUT2D eigenvalue weighted by molar-refractivity contribution is -0.116. The van der Waals surface area contributed by atoms with Gasteiger partial charge in [-0.25, -0.2) is 8.42 Å². The van der Waals surface area contributed by atoms with Crippen LogP contribution in [0.3, 0.4) is 0 Å². The summed E-state index contributed by atoms with van der Waals surface area (Å²) >= 11 is 0. The van der Waals surface area contributed by atoms with Crippen LogP contribution >= 0.6 is 0 Å². The number of piperidine rings is 1. The molecule has 1 saturated heterocycles. The van der Waals surface area contributed by atoms with Gasteiger partial charge in [-0.1, -0.05) is 19.9 Å². The van der Waals surface area contributed by atoms with E-state index in [9.17, 15) is 13.2 Å². The SMILES string of the molecule is CCN(CC)S(=O)(=O)c1cc(NC(=O)CCC2CCNCC2)ccc1C. The highest BCUT2D eigenvalue weighted by atomic mass is 32.2. The van der Waals surface area contributed by atoms with Crippen LogP contribution in [0.2, 0.25) is 0 Å². The standard InChI is InChI=1S/C19H31N3O3S/c1-4-22(5-2)26(24,25)18-14-17(8-6-15(18)3)21-19(23)9-7-16-10-12-20-13-11-16/h6,8,14,16,20H,4-5,7,9-13H2,1-3H3,(H,21,23). The molecule has 2 N–H and O–H groups in total. The molecular weight excluding hydrogens is 350 g/mol. The summed E-state index contributed by atoms with van der Waals surface area (Å²) in [6.45, 7) is 8.31. The molecule has 0 aliphatic carbocycles. The van der Waals surface area contributed by atoms with Gasteiger partial charge in [0.25, 0.3) is 0 Å². The van der Waals surface area contributed by atoms with Crippen LogP contribution in [0, 0.1) is 12.8 Å². The van der Waals surface area contributed by atoms with Crippen molar-refractivity contribution in [2.24, 2.45) is 5.92 Å². The topological polar surface area (TPSA) is 78.5 Å². The molecule has 0 radical (unpaired) electrons. The zero-order valence-electron chi connectivity index (χ0n) is 16.0. The van der Waals surface area contributed by atoms with Gasteiger partial charge in [-0.3, -0.25) is 4.79 Å². The Morgan fingerprint density at radius 1 is 1.23 bits per heavy atom. The molecule has 146 valence electrons. The number of carbonyl (C=O) groups is 1. The van der Waals surface area contributed by atoms with E-state index in [2.05, 4.69) is 10.6 Å². The molecule has 2 rings (SSSR count). The molecule has 1 aliphatic rings. The first kappa shape index (κ1) is 20.9. The summed E-state index contributed by atoms with van der Waals surface area (Å²) in [6, 6.07) is 5.09. The molecule has 1 amide bonds. The number of benzene rings is 1. The molecule has 1 heterocycles. The van der Waals surface area contributed by atoms with Gasteiger partial charge >= 0.3 is 0 Å². The molecule has 1 aromatic carbocycles. The number of nitrogens with one attached hydrogen (secondary N) is 2. The van der Waals surface area contributed by atoms with Crippen LogP contribution in [-0.4, -0.2) is 44.8 Å². The molecular formula is C19H31N3O3S. The Labute approximate surface area is 157 Å². The maximum atomic E-state index is 12.8. The van der Waals surface area contributed by atoms with Gasteiger partial charge in [0.15, 0.2) is 0 Å². The molecule has 1 aliphatic heterocycles. The largest absolute Gasteiger partial charge is 0.326 e. The van der Waals surface area contributed by atoms with Gasteiger partial charge in [0.2, 0.25) is 15.9 Å². The highest BCUT2D eigenvalue weighted by Crippen LogP contribution is 2.24. The number of anilines is 1. The van der Waals surface area contributed by atoms with Gasteiger partial charge in [0, 0.05) is 25.2 Å². The fraction of sp³-hybridized carbons (Fsp3) is 0.632. The third-order valence-corrected chi connectivity index (χ3v) is 7.23. The fourth-order valence-corrected chi connectivity index (χ4v) is 5.10. The molecule has 0 bridgehead atoms. The van der Waals surface area contributed by atoms with Crippen molar-refractivity contribution in [3.8, 4) is 0 Å². The fourth-order valence-electron chi connectivity index (χ4n) is 3.39. The van der Waals surface area contributed by atoms with Crippen LogP contribution < -0.4 is 10.6 Å². The molecule has 6 nitrogen and oxygen atoms in total. The van der Waals surface area contributed by atoms with Gasteiger partial charge in [0.05, 0.1) is 4.90 Å². The minimum absolute atomic E-state index is 0.0569. The average Bonchev–Trinajstić information content (AvgIpc) is 2.63. The number of hydrogen-bond acceptors (Lipinski definition) is 4. The van der Waals surface area contributed by atoms with Crippen molar-refractivity contribution < 1.29 is 13.2 Å². The lowest BCUT2D eigenvalue weighted by Gasteiger charge is -2.22. The quantitative estimate of drug-likeness (QED) is 0.726. The number of hydrogen-bond donors (Lipinski definition) is 2. The van der Waals surface area contributed by atoms with E-state index in [0.717, 1.165) is 32.4 Å². The zero-order chi connectivity index (χ0) is 19.2. The summed E-state index contributed by atoms with van der Waals surface area (Å²) in [4.78, 5) is 12.5. The molecule has 1 fully saturated rings. The van der Waals surface area contributed by atoms with Crippen molar-refractivity contribution in [3.05, 3.63) is 23.8 Å². The summed E-state index contributed by atoms with van der Waals surface area (Å²) in [5.41, 5.74) is 1.22. The van der Waals surface area contributed by atoms with Gasteiger partial charge < -0.3 is 10.6 Å². The van der Waals surface area contributed by atoms with E-state index in [4.69, 9.17) is 0 Å². The van der Waals surface area contributed by atoms with Gasteiger partial charge in [-0.05, 0) is 62.9 Å². The lowest BCUT2D eigenvalue weighted by Crippen LogP contribution is -2.31. The Morgan fingerprint density at radius 3 is 2.50 bits per heavy atom. The van der Waals surface area contributed by atoms with Crippen LogP contribution in [0.5, 0.6) is 0 Å². The second-order valence-electron chi connectivity index (χ2n) is 6.85. The van der Waals surface area contributed by atoms with Gasteiger partial charge in [-0.15, -0.1) is 0 Å². The van der Waals surface area contributed by atoms with Gasteiger partial charge in [-0.2, -0.15) is 4.31 Å². The maximum absolute atomic E-state index is 12.8. The van der Waals surface area contributed by atoms with Crippen LogP contribution in [0.1, 0.15) is 45.1 Å². The smallest absolute Gasteiger partial charge is 0.243 e. The summed E-state index contributed by atoms with van der Waals surface area (Å²) in [5.74, 6) is 0.539. The number of aryl methyl sites for hydroxylation is 1. The number of amides is 1. The number of sulfonamides is 1. The minimum atomic E-state index is -3.54. The Balaban J connectivity index is 2.05. The first-order valence-corrected chi connectivity index (χ1v) is 10.9. The van der Waals surface area contributed by atoms with Crippen LogP contribution in [-0.2, 0) is 14.8 Å². The summed E-state index contributed by atoms with van der Waals surface area (Å²) < 4.78 is 27.0. The average molecular weight is 382 g/mol. The molecule has 0 aromatic heterocycles. The number of nitrogens with zero attached hydrogens (tertiary/aromatic N) is 1. The van der Waals surface area contributed by atoms with E-state index in [1.54, 1.807) is 25.1 Å². The monoisotopic (exact) mass is 381 g/mol. The van der Waals surface area contributed by atoms with Gasteiger partial charge in [0.1, 0.15) is 0 Å². The predicted molar refractivity (Wildman–Crippen MR) is 105 cm³/mol.